The molecular weight excluding hydrogens is 250 g/mol. The highest BCUT2D eigenvalue weighted by atomic mass is 35.5. The zero-order valence-corrected chi connectivity index (χ0v) is 10.8. The molecular formula is C13H14ClN3O. The number of hydrogen-bond acceptors (Lipinski definition) is 3. The van der Waals surface area contributed by atoms with Crippen molar-refractivity contribution in [3.63, 3.8) is 0 Å². The highest BCUT2D eigenvalue weighted by Gasteiger charge is 2.42. The van der Waals surface area contributed by atoms with E-state index in [0.717, 1.165) is 35.7 Å². The van der Waals surface area contributed by atoms with Crippen LogP contribution >= 0.6 is 11.6 Å². The lowest BCUT2D eigenvalue weighted by atomic mass is 10.1. The van der Waals surface area contributed by atoms with Crippen LogP contribution in [0, 0.1) is 0 Å². The molecule has 0 bridgehead atoms. The van der Waals surface area contributed by atoms with Gasteiger partial charge in [0.15, 0.2) is 0 Å². The highest BCUT2D eigenvalue weighted by molar-refractivity contribution is 6.30. The summed E-state index contributed by atoms with van der Waals surface area (Å²) in [5.41, 5.74) is 7.62. The van der Waals surface area contributed by atoms with E-state index in [4.69, 9.17) is 22.1 Å². The Morgan fingerprint density at radius 3 is 2.89 bits per heavy atom. The number of imidazole rings is 1. The van der Waals surface area contributed by atoms with Crippen LogP contribution in [-0.2, 0) is 5.54 Å². The topological polar surface area (TPSA) is 63.9 Å². The first-order valence-corrected chi connectivity index (χ1v) is 6.18. The molecule has 18 heavy (non-hydrogen) atoms. The van der Waals surface area contributed by atoms with Crippen LogP contribution in [0.2, 0.25) is 5.02 Å². The Bertz CT molecular complexity index is 590. The van der Waals surface area contributed by atoms with Crippen molar-refractivity contribution in [2.75, 3.05) is 7.11 Å². The summed E-state index contributed by atoms with van der Waals surface area (Å²) >= 11 is 6.02. The maximum atomic E-state index is 6.11. The first-order valence-electron chi connectivity index (χ1n) is 5.81. The standard InChI is InChI=1S/C13H14ClN3O/c1-18-11-3-2-8(14)6-9(11)10-7-16-12(17-10)13(15)4-5-13/h2-3,6-7H,4-5,15H2,1H3,(H,16,17). The quantitative estimate of drug-likeness (QED) is 0.895. The van der Waals surface area contributed by atoms with Gasteiger partial charge in [0.25, 0.3) is 0 Å². The number of methoxy groups -OCH3 is 1. The normalized spacial score (nSPS) is 16.6. The zero-order chi connectivity index (χ0) is 12.8. The lowest BCUT2D eigenvalue weighted by Crippen LogP contribution is -2.20. The fraction of sp³-hybridized carbons (Fsp3) is 0.308. The van der Waals surface area contributed by atoms with Gasteiger partial charge in [0.2, 0.25) is 0 Å². The molecule has 3 N–H and O–H groups in total. The predicted molar refractivity (Wildman–Crippen MR) is 70.7 cm³/mol. The van der Waals surface area contributed by atoms with E-state index in [-0.39, 0.29) is 5.54 Å². The smallest absolute Gasteiger partial charge is 0.128 e. The molecule has 1 aromatic heterocycles. The number of nitrogens with zero attached hydrogens (tertiary/aromatic N) is 1. The van der Waals surface area contributed by atoms with E-state index < -0.39 is 0 Å². The average molecular weight is 264 g/mol. The minimum absolute atomic E-state index is 0.260. The van der Waals surface area contributed by atoms with Crippen molar-refractivity contribution in [2.45, 2.75) is 18.4 Å². The van der Waals surface area contributed by atoms with Crippen molar-refractivity contribution >= 4 is 11.6 Å². The zero-order valence-electron chi connectivity index (χ0n) is 10.0. The molecule has 0 radical (unpaired) electrons. The molecule has 0 amide bonds. The lowest BCUT2D eigenvalue weighted by Gasteiger charge is -2.07. The van der Waals surface area contributed by atoms with Crippen LogP contribution in [0.5, 0.6) is 5.75 Å². The Balaban J connectivity index is 2.04. The van der Waals surface area contributed by atoms with Gasteiger partial charge in [0, 0.05) is 10.6 Å². The minimum atomic E-state index is -0.260. The third-order valence-electron chi connectivity index (χ3n) is 3.29. The Morgan fingerprint density at radius 1 is 1.44 bits per heavy atom. The Kier molecular flexibility index (Phi) is 2.57. The van der Waals surface area contributed by atoms with Gasteiger partial charge in [-0.05, 0) is 31.0 Å². The van der Waals surface area contributed by atoms with Crippen LogP contribution in [0.15, 0.2) is 24.4 Å². The SMILES string of the molecule is COc1ccc(Cl)cc1-c1cnc(C2(N)CC2)[nH]1. The summed E-state index contributed by atoms with van der Waals surface area (Å²) in [7, 11) is 1.63. The molecule has 0 spiro atoms. The van der Waals surface area contributed by atoms with Gasteiger partial charge in [-0.25, -0.2) is 4.98 Å². The van der Waals surface area contributed by atoms with Crippen LogP contribution in [0.3, 0.4) is 0 Å². The molecule has 1 aliphatic rings. The van der Waals surface area contributed by atoms with Gasteiger partial charge >= 0.3 is 0 Å². The van der Waals surface area contributed by atoms with E-state index in [0.29, 0.717) is 5.02 Å². The first kappa shape index (κ1) is 11.6. The second-order valence-corrected chi connectivity index (χ2v) is 5.08. The molecule has 2 aromatic rings. The number of ether oxygens (including phenoxy) is 1. The molecule has 4 nitrogen and oxygen atoms in total. The van der Waals surface area contributed by atoms with Gasteiger partial charge in [0.1, 0.15) is 11.6 Å². The van der Waals surface area contributed by atoms with Crippen LogP contribution < -0.4 is 10.5 Å². The van der Waals surface area contributed by atoms with Gasteiger partial charge in [0.05, 0.1) is 24.5 Å². The van der Waals surface area contributed by atoms with Crippen molar-refractivity contribution in [1.29, 1.82) is 0 Å². The summed E-state index contributed by atoms with van der Waals surface area (Å²) < 4.78 is 5.33. The van der Waals surface area contributed by atoms with Crippen molar-refractivity contribution in [3.05, 3.63) is 35.2 Å². The maximum absolute atomic E-state index is 6.11. The van der Waals surface area contributed by atoms with E-state index in [9.17, 15) is 0 Å². The molecule has 0 unspecified atom stereocenters. The van der Waals surface area contributed by atoms with Gasteiger partial charge in [-0.3, -0.25) is 0 Å². The number of aromatic nitrogens is 2. The largest absolute Gasteiger partial charge is 0.496 e. The number of benzene rings is 1. The van der Waals surface area contributed by atoms with Gasteiger partial charge in [-0.15, -0.1) is 0 Å². The number of nitrogens with one attached hydrogen (secondary N) is 1. The molecule has 0 atom stereocenters. The number of rotatable bonds is 3. The van der Waals surface area contributed by atoms with E-state index in [1.165, 1.54) is 0 Å². The van der Waals surface area contributed by atoms with Crippen molar-refractivity contribution in [1.82, 2.24) is 9.97 Å². The number of hydrogen-bond donors (Lipinski definition) is 2. The van der Waals surface area contributed by atoms with Gasteiger partial charge in [-0.1, -0.05) is 11.6 Å². The molecule has 1 aliphatic carbocycles. The number of halogens is 1. The lowest BCUT2D eigenvalue weighted by molar-refractivity contribution is 0.416. The monoisotopic (exact) mass is 263 g/mol. The first-order chi connectivity index (χ1) is 8.62. The summed E-state index contributed by atoms with van der Waals surface area (Å²) in [5.74, 6) is 1.59. The molecule has 0 saturated heterocycles. The van der Waals surface area contributed by atoms with Gasteiger partial charge in [-0.2, -0.15) is 0 Å². The number of nitrogens with two attached hydrogens (primary N) is 1. The van der Waals surface area contributed by atoms with E-state index in [1.807, 2.05) is 12.1 Å². The van der Waals surface area contributed by atoms with Crippen LogP contribution in [0.25, 0.3) is 11.3 Å². The molecule has 94 valence electrons. The molecule has 5 heteroatoms. The number of H-pyrrole nitrogens is 1. The van der Waals surface area contributed by atoms with Crippen molar-refractivity contribution < 1.29 is 4.74 Å². The summed E-state index contributed by atoms with van der Waals surface area (Å²) in [6, 6.07) is 5.49. The summed E-state index contributed by atoms with van der Waals surface area (Å²) in [5, 5.41) is 0.663. The Hall–Kier alpha value is -1.52. The van der Waals surface area contributed by atoms with E-state index in [1.54, 1.807) is 19.4 Å². The van der Waals surface area contributed by atoms with Crippen molar-refractivity contribution in [2.24, 2.45) is 5.73 Å². The second-order valence-electron chi connectivity index (χ2n) is 4.65. The molecule has 3 rings (SSSR count). The molecule has 1 saturated carbocycles. The number of aromatic amines is 1. The molecule has 1 aromatic carbocycles. The average Bonchev–Trinajstić information content (AvgIpc) is 2.94. The van der Waals surface area contributed by atoms with E-state index in [2.05, 4.69) is 9.97 Å². The van der Waals surface area contributed by atoms with Crippen LogP contribution in [0.4, 0.5) is 0 Å². The van der Waals surface area contributed by atoms with Crippen LogP contribution in [0.1, 0.15) is 18.7 Å². The molecule has 1 heterocycles. The fourth-order valence-corrected chi connectivity index (χ4v) is 2.15. The summed E-state index contributed by atoms with van der Waals surface area (Å²) in [6.45, 7) is 0. The fourth-order valence-electron chi connectivity index (χ4n) is 1.97. The van der Waals surface area contributed by atoms with Crippen molar-refractivity contribution in [3.8, 4) is 17.0 Å². The minimum Gasteiger partial charge on any atom is -0.496 e. The van der Waals surface area contributed by atoms with Crippen LogP contribution in [-0.4, -0.2) is 17.1 Å². The maximum Gasteiger partial charge on any atom is 0.128 e. The summed E-state index contributed by atoms with van der Waals surface area (Å²) in [6.07, 6.45) is 3.73. The highest BCUT2D eigenvalue weighted by Crippen LogP contribution is 2.42. The third-order valence-corrected chi connectivity index (χ3v) is 3.52. The molecule has 1 fully saturated rings. The Morgan fingerprint density at radius 2 is 2.22 bits per heavy atom. The third kappa shape index (κ3) is 1.87. The second kappa shape index (κ2) is 4.00. The Labute approximate surface area is 110 Å². The molecule has 0 aliphatic heterocycles. The predicted octanol–water partition coefficient (Wildman–Crippen LogP) is 2.69. The van der Waals surface area contributed by atoms with E-state index >= 15 is 0 Å². The van der Waals surface area contributed by atoms with Gasteiger partial charge < -0.3 is 15.5 Å². The summed E-state index contributed by atoms with van der Waals surface area (Å²) in [4.78, 5) is 7.61.